The fourth-order valence-electron chi connectivity index (χ4n) is 5.81. The van der Waals surface area contributed by atoms with Crippen LogP contribution in [0.3, 0.4) is 0 Å². The van der Waals surface area contributed by atoms with Crippen LogP contribution in [0.25, 0.3) is 0 Å². The molecular weight excluding hydrogens is 496 g/mol. The van der Waals surface area contributed by atoms with Gasteiger partial charge in [0, 0.05) is 29.8 Å². The summed E-state index contributed by atoms with van der Waals surface area (Å²) in [7, 11) is 0. The van der Waals surface area contributed by atoms with Crippen molar-refractivity contribution in [2.75, 3.05) is 18.4 Å². The molecule has 2 aromatic rings. The molecule has 3 N–H and O–H groups in total. The minimum atomic E-state index is -1.30. The van der Waals surface area contributed by atoms with Crippen LogP contribution in [-0.4, -0.2) is 73.2 Å². The molecule has 2 fully saturated rings. The first-order valence-electron chi connectivity index (χ1n) is 12.9. The number of amides is 4. The Morgan fingerprint density at radius 2 is 1.81 bits per heavy atom. The van der Waals surface area contributed by atoms with Crippen molar-refractivity contribution in [3.8, 4) is 0 Å². The van der Waals surface area contributed by atoms with Crippen LogP contribution in [0.5, 0.6) is 0 Å². The zero-order valence-electron chi connectivity index (χ0n) is 21.0. The van der Waals surface area contributed by atoms with Crippen molar-refractivity contribution in [2.45, 2.75) is 76.1 Å². The number of aliphatic hydroxyl groups is 1. The quantitative estimate of drug-likeness (QED) is 0.548. The number of likely N-dealkylation sites (tertiary alicyclic amines) is 1. The van der Waals surface area contributed by atoms with Crippen LogP contribution in [0.2, 0.25) is 5.02 Å². The lowest BCUT2D eigenvalue weighted by Crippen LogP contribution is -2.63. The van der Waals surface area contributed by atoms with Crippen LogP contribution < -0.4 is 10.6 Å². The number of benzene rings is 1. The van der Waals surface area contributed by atoms with Gasteiger partial charge in [0.2, 0.25) is 5.91 Å². The van der Waals surface area contributed by atoms with Gasteiger partial charge >= 0.3 is 12.1 Å². The van der Waals surface area contributed by atoms with E-state index in [1.807, 2.05) is 11.8 Å². The van der Waals surface area contributed by atoms with E-state index in [0.717, 1.165) is 25.0 Å². The zero-order valence-corrected chi connectivity index (χ0v) is 21.7. The lowest BCUT2D eigenvalue weighted by Gasteiger charge is -2.43. The molecule has 11 heteroatoms. The molecule has 3 aliphatic rings. The monoisotopic (exact) mass is 528 g/mol. The maximum atomic E-state index is 13.7. The van der Waals surface area contributed by atoms with Crippen LogP contribution in [0.1, 0.15) is 56.5 Å². The van der Waals surface area contributed by atoms with Gasteiger partial charge in [-0.15, -0.1) is 0 Å². The van der Waals surface area contributed by atoms with Crippen molar-refractivity contribution >= 4 is 35.3 Å². The predicted octanol–water partition coefficient (Wildman–Crippen LogP) is 3.51. The Morgan fingerprint density at radius 1 is 1.14 bits per heavy atom. The van der Waals surface area contributed by atoms with E-state index in [9.17, 15) is 19.5 Å². The Labute approximate surface area is 221 Å². The van der Waals surface area contributed by atoms with E-state index in [0.29, 0.717) is 61.9 Å². The highest BCUT2D eigenvalue weighted by molar-refractivity contribution is 6.30. The summed E-state index contributed by atoms with van der Waals surface area (Å²) in [6, 6.07) is 5.02. The van der Waals surface area contributed by atoms with Gasteiger partial charge in [0.25, 0.3) is 0 Å². The number of nitrogens with one attached hydrogen (secondary N) is 2. The molecule has 2 aliphatic heterocycles. The van der Waals surface area contributed by atoms with E-state index >= 15 is 0 Å². The second-order valence-corrected chi connectivity index (χ2v) is 10.7. The largest absolute Gasteiger partial charge is 0.387 e. The van der Waals surface area contributed by atoms with Gasteiger partial charge in [0.15, 0.2) is 0 Å². The Bertz CT molecular complexity index is 1170. The number of halogens is 1. The van der Waals surface area contributed by atoms with Crippen molar-refractivity contribution in [2.24, 2.45) is 0 Å². The molecule has 1 aliphatic carbocycles. The van der Waals surface area contributed by atoms with Crippen molar-refractivity contribution in [3.05, 3.63) is 47.0 Å². The number of hydrogen-bond donors (Lipinski definition) is 3. The number of urea groups is 1. The minimum absolute atomic E-state index is 0.0215. The summed E-state index contributed by atoms with van der Waals surface area (Å²) in [4.78, 5) is 47.3. The molecule has 1 atom stereocenters. The van der Waals surface area contributed by atoms with Crippen LogP contribution in [0, 0.1) is 6.92 Å². The molecule has 1 unspecified atom stereocenters. The van der Waals surface area contributed by atoms with Crippen molar-refractivity contribution < 1.29 is 19.5 Å². The number of aromatic nitrogens is 2. The fourth-order valence-corrected chi connectivity index (χ4v) is 5.94. The van der Waals surface area contributed by atoms with Gasteiger partial charge in [-0.3, -0.25) is 9.36 Å². The molecule has 0 radical (unpaired) electrons. The Kier molecular flexibility index (Phi) is 7.13. The van der Waals surface area contributed by atoms with Crippen LogP contribution in [-0.2, 0) is 11.3 Å². The topological polar surface area (TPSA) is 120 Å². The number of carbonyl (C=O) groups is 3. The molecule has 0 spiro atoms. The predicted molar refractivity (Wildman–Crippen MR) is 138 cm³/mol. The van der Waals surface area contributed by atoms with Gasteiger partial charge in [0.1, 0.15) is 11.9 Å². The number of anilines is 1. The number of aryl methyl sites for hydroxylation is 1. The summed E-state index contributed by atoms with van der Waals surface area (Å²) < 4.78 is 1.65. The second-order valence-electron chi connectivity index (χ2n) is 10.3. The summed E-state index contributed by atoms with van der Waals surface area (Å²) in [5.74, 6) is 0.398. The number of rotatable bonds is 5. The smallest absolute Gasteiger partial charge is 0.330 e. The standard InChI is InChI=1S/C26H33ClN6O4/c1-17-28-15-21-16-32(25(36)33(17)21)20-9-13-31(14-10-20)23(34)22(26(37)11-3-2-4-12-26)30-24(35)29-19-7-5-18(27)6-8-19/h5-8,15,20,22,37H,2-4,9-14,16H2,1H3,(H2,29,30,35). The van der Waals surface area contributed by atoms with Crippen molar-refractivity contribution in [1.29, 1.82) is 0 Å². The van der Waals surface area contributed by atoms with Crippen molar-refractivity contribution in [3.63, 3.8) is 0 Å². The number of hydrogen-bond acceptors (Lipinski definition) is 5. The molecule has 1 saturated carbocycles. The number of nitrogens with zero attached hydrogens (tertiary/aromatic N) is 4. The maximum absolute atomic E-state index is 13.7. The Balaban J connectivity index is 1.25. The summed E-state index contributed by atoms with van der Waals surface area (Å²) in [6.07, 6.45) is 6.51. The Morgan fingerprint density at radius 3 is 2.46 bits per heavy atom. The van der Waals surface area contributed by atoms with E-state index in [-0.39, 0.29) is 18.0 Å². The molecule has 0 bridgehead atoms. The van der Waals surface area contributed by atoms with Crippen molar-refractivity contribution in [1.82, 2.24) is 24.7 Å². The molecule has 1 saturated heterocycles. The lowest BCUT2D eigenvalue weighted by atomic mass is 9.78. The molecular formula is C26H33ClN6O4. The number of piperidine rings is 1. The summed E-state index contributed by atoms with van der Waals surface area (Å²) in [5, 5.41) is 17.5. The first-order valence-corrected chi connectivity index (χ1v) is 13.3. The minimum Gasteiger partial charge on any atom is -0.387 e. The number of imidazole rings is 1. The molecule has 37 heavy (non-hydrogen) atoms. The maximum Gasteiger partial charge on any atom is 0.330 e. The van der Waals surface area contributed by atoms with Gasteiger partial charge in [0.05, 0.1) is 24.0 Å². The Hall–Kier alpha value is -3.11. The van der Waals surface area contributed by atoms with Crippen LogP contribution in [0.4, 0.5) is 15.3 Å². The third-order valence-electron chi connectivity index (χ3n) is 7.88. The number of fused-ring (bicyclic) bond motifs is 1. The van der Waals surface area contributed by atoms with E-state index in [1.165, 1.54) is 0 Å². The van der Waals surface area contributed by atoms with Gasteiger partial charge < -0.3 is 25.5 Å². The molecule has 4 amide bonds. The van der Waals surface area contributed by atoms with Gasteiger partial charge in [-0.25, -0.2) is 14.6 Å². The normalized spacial score (nSPS) is 20.5. The number of carbonyl (C=O) groups excluding carboxylic acids is 3. The van der Waals surface area contributed by atoms with Crippen LogP contribution >= 0.6 is 11.6 Å². The SMILES string of the molecule is Cc1ncc2n1C(=O)N(C1CCN(C(=O)C(NC(=O)Nc3ccc(Cl)cc3)C3(O)CCCCC3)CC1)C2. The van der Waals surface area contributed by atoms with E-state index in [4.69, 9.17) is 11.6 Å². The molecule has 10 nitrogen and oxygen atoms in total. The molecule has 1 aromatic heterocycles. The molecule has 198 valence electrons. The first kappa shape index (κ1) is 25.5. The highest BCUT2D eigenvalue weighted by atomic mass is 35.5. The summed E-state index contributed by atoms with van der Waals surface area (Å²) in [5.41, 5.74) is 0.120. The average molecular weight is 529 g/mol. The van der Waals surface area contributed by atoms with Gasteiger partial charge in [-0.05, 0) is 56.9 Å². The van der Waals surface area contributed by atoms with E-state index < -0.39 is 17.7 Å². The van der Waals surface area contributed by atoms with Gasteiger partial charge in [-0.2, -0.15) is 0 Å². The third kappa shape index (κ3) is 5.17. The second kappa shape index (κ2) is 10.3. The summed E-state index contributed by atoms with van der Waals surface area (Å²) in [6.45, 7) is 3.24. The molecule has 1 aromatic carbocycles. The lowest BCUT2D eigenvalue weighted by molar-refractivity contribution is -0.143. The van der Waals surface area contributed by atoms with E-state index in [2.05, 4.69) is 15.6 Å². The first-order chi connectivity index (χ1) is 17.7. The van der Waals surface area contributed by atoms with E-state index in [1.54, 1.807) is 39.9 Å². The summed E-state index contributed by atoms with van der Waals surface area (Å²) >= 11 is 5.93. The molecule has 3 heterocycles. The molecule has 5 rings (SSSR count). The van der Waals surface area contributed by atoms with Crippen LogP contribution in [0.15, 0.2) is 30.5 Å². The highest BCUT2D eigenvalue weighted by Gasteiger charge is 2.46. The van der Waals surface area contributed by atoms with Gasteiger partial charge in [-0.1, -0.05) is 30.9 Å². The third-order valence-corrected chi connectivity index (χ3v) is 8.13. The fraction of sp³-hybridized carbons (Fsp3) is 0.538. The highest BCUT2D eigenvalue weighted by Crippen LogP contribution is 2.33. The zero-order chi connectivity index (χ0) is 26.2. The average Bonchev–Trinajstić information content (AvgIpc) is 3.43.